The van der Waals surface area contributed by atoms with Crippen molar-refractivity contribution < 1.29 is 25.0 Å². The van der Waals surface area contributed by atoms with Gasteiger partial charge in [-0.05, 0) is 0 Å². The van der Waals surface area contributed by atoms with E-state index in [-0.39, 0.29) is 5.48 Å². The summed E-state index contributed by atoms with van der Waals surface area (Å²) in [6.45, 7) is 0. The van der Waals surface area contributed by atoms with Crippen molar-refractivity contribution in [2.24, 2.45) is 0 Å². The number of rotatable bonds is 1. The summed E-state index contributed by atoms with van der Waals surface area (Å²) in [5, 5.41) is 0. The summed E-state index contributed by atoms with van der Waals surface area (Å²) in [5.41, 5.74) is 0. The van der Waals surface area contributed by atoms with E-state index in [1.165, 1.54) is 0 Å². The molecule has 0 radical (unpaired) electrons. The molecular formula is H6O5P2. The van der Waals surface area contributed by atoms with E-state index >= 15 is 0 Å². The Morgan fingerprint density at radius 1 is 0.714 bits per heavy atom. The zero-order valence-electron chi connectivity index (χ0n) is 3.18. The Bertz CT molecular complexity index is 27.1. The van der Waals surface area contributed by atoms with E-state index in [0.29, 0.717) is 0 Å². The highest BCUT2D eigenvalue weighted by molar-refractivity contribution is 8.19. The molecule has 0 unspecified atom stereocenters. The van der Waals surface area contributed by atoms with E-state index in [9.17, 15) is 0 Å². The monoisotopic (exact) mass is 148 g/mol. The molecule has 0 bridgehead atoms. The molecule has 0 saturated carbocycles. The summed E-state index contributed by atoms with van der Waals surface area (Å²) in [5.74, 6) is 0. The van der Waals surface area contributed by atoms with Crippen molar-refractivity contribution in [3.05, 3.63) is 0 Å². The second-order valence-corrected chi connectivity index (χ2v) is 3.76. The van der Waals surface area contributed by atoms with E-state index in [4.69, 9.17) is 19.6 Å². The van der Waals surface area contributed by atoms with Crippen molar-refractivity contribution in [1.29, 1.82) is 0 Å². The lowest BCUT2D eigenvalue weighted by Crippen LogP contribution is -1.63. The Labute approximate surface area is 42.3 Å². The molecule has 0 spiro atoms. The zero-order chi connectivity index (χ0) is 5.15. The normalized spacial score (nSPS) is 9.43. The fourth-order valence-corrected chi connectivity index (χ4v) is 0. The van der Waals surface area contributed by atoms with Crippen molar-refractivity contribution >= 4 is 16.1 Å². The smallest absolute Gasteiger partial charge is 0.250 e. The van der Waals surface area contributed by atoms with Gasteiger partial charge in [0.25, 0.3) is 16.1 Å². The van der Waals surface area contributed by atoms with E-state index in [0.717, 1.165) is 0 Å². The lowest BCUT2D eigenvalue weighted by molar-refractivity contribution is 0.457. The predicted molar refractivity (Wildman–Crippen MR) is 26.3 cm³/mol. The van der Waals surface area contributed by atoms with Crippen LogP contribution in [0.25, 0.3) is 0 Å². The van der Waals surface area contributed by atoms with Crippen LogP contribution in [0.2, 0.25) is 0 Å². The largest absolute Gasteiger partial charge is 0.412 e. The van der Waals surface area contributed by atoms with E-state index in [1.54, 1.807) is 0 Å². The maximum absolute atomic E-state index is 7.78. The van der Waals surface area contributed by atoms with Gasteiger partial charge in [0, 0.05) is 0 Å². The van der Waals surface area contributed by atoms with Crippen LogP contribution in [0.1, 0.15) is 0 Å². The van der Waals surface area contributed by atoms with Crippen LogP contribution in [-0.2, 0) is 0 Å². The van der Waals surface area contributed by atoms with Gasteiger partial charge in [0.2, 0.25) is 0 Å². The third-order valence-electron chi connectivity index (χ3n) is 0.160. The first-order valence-electron chi connectivity index (χ1n) is 1.000. The lowest BCUT2D eigenvalue weighted by Gasteiger charge is -1.97. The molecule has 7 heteroatoms. The highest BCUT2D eigenvalue weighted by Gasteiger charge is 2.08. The third kappa shape index (κ3) is 6.66. The first kappa shape index (κ1) is 10.6. The van der Waals surface area contributed by atoms with Crippen LogP contribution >= 0.6 is 16.1 Å². The first-order valence-corrected chi connectivity index (χ1v) is 4.20. The zero-order valence-corrected chi connectivity index (χ0v) is 4.97. The molecule has 0 rings (SSSR count). The summed E-state index contributed by atoms with van der Waals surface area (Å²) in [4.78, 5) is 31.1. The predicted octanol–water partition coefficient (Wildman–Crippen LogP) is -1.33. The van der Waals surface area contributed by atoms with Crippen molar-refractivity contribution in [2.75, 3.05) is 0 Å². The minimum Gasteiger partial charge on any atom is -0.412 e. The molecule has 5 nitrogen and oxygen atoms in total. The topological polar surface area (TPSA) is 112 Å². The van der Waals surface area contributed by atoms with Crippen LogP contribution in [-0.4, -0.2) is 25.0 Å². The third-order valence-corrected chi connectivity index (χ3v) is 1.44. The summed E-state index contributed by atoms with van der Waals surface area (Å²) in [6, 6.07) is 0. The Hall–Kier alpha value is 0.660. The highest BCUT2D eigenvalue weighted by Crippen LogP contribution is 2.56. The van der Waals surface area contributed by atoms with Gasteiger partial charge >= 0.3 is 0 Å². The molecule has 7 heavy (non-hydrogen) atoms. The molecule has 0 amide bonds. The summed E-state index contributed by atoms with van der Waals surface area (Å²) in [6.07, 6.45) is 0. The van der Waals surface area contributed by atoms with Crippen molar-refractivity contribution in [3.63, 3.8) is 0 Å². The molecule has 0 aliphatic rings. The molecule has 0 aliphatic heterocycles. The summed E-state index contributed by atoms with van der Waals surface area (Å²) in [7, 11) is -4.97. The van der Waals surface area contributed by atoms with Gasteiger partial charge in [-0.3, -0.25) is 0 Å². The molecule has 0 aromatic carbocycles. The Balaban J connectivity index is 0. The molecule has 0 aromatic heterocycles. The van der Waals surface area contributed by atoms with E-state index < -0.39 is 16.1 Å². The van der Waals surface area contributed by atoms with Crippen LogP contribution in [0, 0.1) is 0 Å². The van der Waals surface area contributed by atoms with Gasteiger partial charge < -0.3 is 25.0 Å². The fourth-order valence-electron chi connectivity index (χ4n) is 0. The van der Waals surface area contributed by atoms with E-state index in [1.807, 2.05) is 0 Å². The van der Waals surface area contributed by atoms with Gasteiger partial charge in [0.1, 0.15) is 0 Å². The second-order valence-electron chi connectivity index (χ2n) is 0.537. The van der Waals surface area contributed by atoms with Crippen LogP contribution < -0.4 is 0 Å². The van der Waals surface area contributed by atoms with Gasteiger partial charge in [-0.15, -0.1) is 0 Å². The molecule has 0 aliphatic carbocycles. The van der Waals surface area contributed by atoms with Crippen LogP contribution in [0.5, 0.6) is 0 Å². The van der Waals surface area contributed by atoms with Crippen LogP contribution in [0.3, 0.4) is 0 Å². The molecular weight excluding hydrogens is 142 g/mol. The maximum atomic E-state index is 7.78. The van der Waals surface area contributed by atoms with Gasteiger partial charge in [-0.25, -0.2) is 0 Å². The van der Waals surface area contributed by atoms with Gasteiger partial charge in [0.05, 0.1) is 0 Å². The minimum absolute atomic E-state index is 0. The molecule has 0 aromatic rings. The maximum Gasteiger partial charge on any atom is 0.250 e. The molecule has 0 atom stereocenters. The quantitative estimate of drug-likeness (QED) is 0.345. The molecule has 0 heterocycles. The average Bonchev–Trinajstić information content (AvgIpc) is 1.36. The Morgan fingerprint density at radius 2 is 0.857 bits per heavy atom. The van der Waals surface area contributed by atoms with Crippen molar-refractivity contribution in [2.45, 2.75) is 0 Å². The van der Waals surface area contributed by atoms with Crippen molar-refractivity contribution in [3.8, 4) is 0 Å². The molecule has 0 saturated heterocycles. The number of hydrogen-bond donors (Lipinski definition) is 4. The highest BCUT2D eigenvalue weighted by atomic mass is 32.1. The molecule has 46 valence electrons. The minimum atomic E-state index is -2.48. The van der Waals surface area contributed by atoms with Crippen LogP contribution in [0.15, 0.2) is 0 Å². The summed E-state index contributed by atoms with van der Waals surface area (Å²) >= 11 is 0. The lowest BCUT2D eigenvalue weighted by atomic mass is 15.9. The average molecular weight is 148 g/mol. The van der Waals surface area contributed by atoms with Crippen LogP contribution in [0.4, 0.5) is 0 Å². The van der Waals surface area contributed by atoms with Crippen molar-refractivity contribution in [1.82, 2.24) is 0 Å². The Kier molecular flexibility index (Phi) is 7.29. The standard InChI is InChI=1S/H4O4P2.H2O/c1-5(2)6(3)4;/h1-4H;1H2. The molecule has 6 N–H and O–H groups in total. The Morgan fingerprint density at radius 3 is 0.857 bits per heavy atom. The van der Waals surface area contributed by atoms with Gasteiger partial charge in [0.15, 0.2) is 0 Å². The summed E-state index contributed by atoms with van der Waals surface area (Å²) < 4.78 is 0. The second kappa shape index (κ2) is 4.81. The fraction of sp³-hybridized carbons (Fsp3) is 0. The van der Waals surface area contributed by atoms with Gasteiger partial charge in [-0.2, -0.15) is 0 Å². The number of hydrogen-bond acceptors (Lipinski definition) is 4. The molecule has 0 fully saturated rings. The SMILES string of the molecule is O.OP(O)P(O)O. The van der Waals surface area contributed by atoms with E-state index in [2.05, 4.69) is 0 Å². The van der Waals surface area contributed by atoms with Gasteiger partial charge in [-0.1, -0.05) is 0 Å². The first-order chi connectivity index (χ1) is 2.64.